The van der Waals surface area contributed by atoms with E-state index in [1.807, 2.05) is 20.8 Å². The van der Waals surface area contributed by atoms with Gasteiger partial charge in [0.1, 0.15) is 6.10 Å². The average Bonchev–Trinajstić information content (AvgIpc) is 2.54. The highest BCUT2D eigenvalue weighted by atomic mass is 35.5. The molecule has 0 radical (unpaired) electrons. The highest BCUT2D eigenvalue weighted by Crippen LogP contribution is 2.17. The van der Waals surface area contributed by atoms with Crippen LogP contribution in [0.15, 0.2) is 0 Å². The number of nitrogens with one attached hydrogen (secondary N) is 1. The molecule has 0 aliphatic carbocycles. The Labute approximate surface area is 90.1 Å². The minimum atomic E-state index is -0.384. The molecular weight excluding hydrogens is 202 g/mol. The normalized spacial score (nSPS) is 24.7. The molecular formula is C10H18ClNO2. The fourth-order valence-corrected chi connectivity index (χ4v) is 1.34. The first-order valence-corrected chi connectivity index (χ1v) is 5.45. The first-order chi connectivity index (χ1) is 6.43. The maximum Gasteiger partial charge on any atom is 0.249 e. The standard InChI is InChI=1S/C10H18ClNO2/c1-7(11)10(2,3)12-9(13)8-5-4-6-14-8/h7-8H,4-6H2,1-3H3,(H,12,13). The number of alkyl halides is 1. The molecule has 2 unspecified atom stereocenters. The third-order valence-corrected chi connectivity index (χ3v) is 3.21. The maximum absolute atomic E-state index is 11.7. The second kappa shape index (κ2) is 4.49. The Morgan fingerprint density at radius 2 is 2.29 bits per heavy atom. The highest BCUT2D eigenvalue weighted by Gasteiger charge is 2.31. The van der Waals surface area contributed by atoms with E-state index < -0.39 is 0 Å². The fourth-order valence-electron chi connectivity index (χ4n) is 1.28. The van der Waals surface area contributed by atoms with E-state index in [2.05, 4.69) is 5.32 Å². The summed E-state index contributed by atoms with van der Waals surface area (Å²) in [5.41, 5.74) is -0.384. The van der Waals surface area contributed by atoms with Crippen molar-refractivity contribution in [3.05, 3.63) is 0 Å². The van der Waals surface area contributed by atoms with E-state index in [9.17, 15) is 4.79 Å². The summed E-state index contributed by atoms with van der Waals surface area (Å²) < 4.78 is 5.29. The quantitative estimate of drug-likeness (QED) is 0.734. The lowest BCUT2D eigenvalue weighted by atomic mass is 10.0. The van der Waals surface area contributed by atoms with Crippen molar-refractivity contribution in [2.75, 3.05) is 6.61 Å². The summed E-state index contributed by atoms with van der Waals surface area (Å²) in [4.78, 5) is 11.7. The third kappa shape index (κ3) is 2.85. The van der Waals surface area contributed by atoms with E-state index >= 15 is 0 Å². The number of halogens is 1. The summed E-state index contributed by atoms with van der Waals surface area (Å²) in [5, 5.41) is 2.80. The molecule has 0 aromatic heterocycles. The molecule has 1 aliphatic heterocycles. The van der Waals surface area contributed by atoms with E-state index in [1.54, 1.807) is 0 Å². The molecule has 1 aliphatic rings. The predicted octanol–water partition coefficient (Wildman–Crippen LogP) is 1.69. The number of carbonyl (C=O) groups is 1. The van der Waals surface area contributed by atoms with Crippen LogP contribution in [-0.4, -0.2) is 29.5 Å². The molecule has 0 aromatic rings. The Morgan fingerprint density at radius 3 is 2.71 bits per heavy atom. The predicted molar refractivity (Wildman–Crippen MR) is 56.5 cm³/mol. The Hall–Kier alpha value is -0.280. The van der Waals surface area contributed by atoms with Gasteiger partial charge in [0.25, 0.3) is 0 Å². The van der Waals surface area contributed by atoms with Gasteiger partial charge in [-0.05, 0) is 33.6 Å². The largest absolute Gasteiger partial charge is 0.368 e. The molecule has 1 N–H and O–H groups in total. The maximum atomic E-state index is 11.7. The van der Waals surface area contributed by atoms with Crippen LogP contribution in [0.1, 0.15) is 33.6 Å². The van der Waals surface area contributed by atoms with E-state index in [1.165, 1.54) is 0 Å². The van der Waals surface area contributed by atoms with E-state index in [4.69, 9.17) is 16.3 Å². The zero-order valence-electron chi connectivity index (χ0n) is 8.97. The topological polar surface area (TPSA) is 38.3 Å². The Balaban J connectivity index is 2.46. The fraction of sp³-hybridized carbons (Fsp3) is 0.900. The number of rotatable bonds is 3. The van der Waals surface area contributed by atoms with Gasteiger partial charge in [-0.1, -0.05) is 0 Å². The van der Waals surface area contributed by atoms with E-state index in [0.29, 0.717) is 6.61 Å². The van der Waals surface area contributed by atoms with Gasteiger partial charge < -0.3 is 10.1 Å². The van der Waals surface area contributed by atoms with Crippen molar-refractivity contribution in [1.82, 2.24) is 5.32 Å². The summed E-state index contributed by atoms with van der Waals surface area (Å²) >= 11 is 5.96. The molecule has 1 fully saturated rings. The van der Waals surface area contributed by atoms with E-state index in [-0.39, 0.29) is 22.9 Å². The van der Waals surface area contributed by atoms with E-state index in [0.717, 1.165) is 12.8 Å². The molecule has 14 heavy (non-hydrogen) atoms. The van der Waals surface area contributed by atoms with Crippen LogP contribution in [0.5, 0.6) is 0 Å². The molecule has 3 nitrogen and oxygen atoms in total. The number of amides is 1. The Bertz CT molecular complexity index is 210. The van der Waals surface area contributed by atoms with Crippen LogP contribution in [0.2, 0.25) is 0 Å². The number of hydrogen-bond acceptors (Lipinski definition) is 2. The number of hydrogen-bond donors (Lipinski definition) is 1. The van der Waals surface area contributed by atoms with Gasteiger partial charge in [0.05, 0.1) is 10.9 Å². The van der Waals surface area contributed by atoms with Crippen LogP contribution in [0, 0.1) is 0 Å². The lowest BCUT2D eigenvalue weighted by molar-refractivity contribution is -0.131. The first kappa shape index (κ1) is 11.8. The van der Waals surface area contributed by atoms with Gasteiger partial charge in [-0.2, -0.15) is 0 Å². The molecule has 0 spiro atoms. The van der Waals surface area contributed by atoms with Gasteiger partial charge in [-0.3, -0.25) is 4.79 Å². The molecule has 1 rings (SSSR count). The van der Waals surface area contributed by atoms with Crippen molar-refractivity contribution in [3.63, 3.8) is 0 Å². The second-order valence-electron chi connectivity index (χ2n) is 4.33. The molecule has 0 aromatic carbocycles. The van der Waals surface area contributed by atoms with Crippen LogP contribution in [-0.2, 0) is 9.53 Å². The van der Waals surface area contributed by atoms with Gasteiger partial charge >= 0.3 is 0 Å². The van der Waals surface area contributed by atoms with Gasteiger partial charge in [0.2, 0.25) is 5.91 Å². The van der Waals surface area contributed by atoms with Gasteiger partial charge in [0, 0.05) is 6.61 Å². The number of carbonyl (C=O) groups excluding carboxylic acids is 1. The van der Waals surface area contributed by atoms with Gasteiger partial charge in [-0.25, -0.2) is 0 Å². The summed E-state index contributed by atoms with van der Waals surface area (Å²) in [6, 6.07) is 0. The highest BCUT2D eigenvalue weighted by molar-refractivity contribution is 6.21. The smallest absolute Gasteiger partial charge is 0.249 e. The van der Waals surface area contributed by atoms with Crippen LogP contribution >= 0.6 is 11.6 Å². The van der Waals surface area contributed by atoms with Crippen molar-refractivity contribution >= 4 is 17.5 Å². The summed E-state index contributed by atoms with van der Waals surface area (Å²) in [7, 11) is 0. The lowest BCUT2D eigenvalue weighted by Crippen LogP contribution is -2.52. The monoisotopic (exact) mass is 219 g/mol. The van der Waals surface area contributed by atoms with Gasteiger partial charge in [0.15, 0.2) is 0 Å². The Kier molecular flexibility index (Phi) is 3.78. The molecule has 1 amide bonds. The molecule has 1 saturated heterocycles. The van der Waals surface area contributed by atoms with Crippen molar-refractivity contribution in [3.8, 4) is 0 Å². The second-order valence-corrected chi connectivity index (χ2v) is 4.98. The van der Waals surface area contributed by atoms with Crippen LogP contribution in [0.4, 0.5) is 0 Å². The van der Waals surface area contributed by atoms with Crippen molar-refractivity contribution in [2.24, 2.45) is 0 Å². The van der Waals surface area contributed by atoms with Crippen LogP contribution < -0.4 is 5.32 Å². The van der Waals surface area contributed by atoms with Gasteiger partial charge in [-0.15, -0.1) is 11.6 Å². The molecule has 0 bridgehead atoms. The summed E-state index contributed by atoms with van der Waals surface area (Å²) in [5.74, 6) is -0.0417. The molecule has 2 atom stereocenters. The van der Waals surface area contributed by atoms with Crippen LogP contribution in [0.3, 0.4) is 0 Å². The minimum Gasteiger partial charge on any atom is -0.368 e. The molecule has 0 saturated carbocycles. The summed E-state index contributed by atoms with van der Waals surface area (Å²) in [6.07, 6.45) is 1.51. The lowest BCUT2D eigenvalue weighted by Gasteiger charge is -2.30. The zero-order chi connectivity index (χ0) is 10.8. The Morgan fingerprint density at radius 1 is 1.64 bits per heavy atom. The van der Waals surface area contributed by atoms with Crippen molar-refractivity contribution in [2.45, 2.75) is 50.6 Å². The van der Waals surface area contributed by atoms with Crippen molar-refractivity contribution < 1.29 is 9.53 Å². The number of ether oxygens (including phenoxy) is 1. The third-order valence-electron chi connectivity index (χ3n) is 2.66. The summed E-state index contributed by atoms with van der Waals surface area (Å²) in [6.45, 7) is 6.39. The first-order valence-electron chi connectivity index (χ1n) is 5.01. The molecule has 82 valence electrons. The van der Waals surface area contributed by atoms with Crippen molar-refractivity contribution in [1.29, 1.82) is 0 Å². The molecule has 1 heterocycles. The molecule has 4 heteroatoms. The minimum absolute atomic E-state index is 0.0417. The zero-order valence-corrected chi connectivity index (χ0v) is 9.73. The SMILES string of the molecule is CC(Cl)C(C)(C)NC(=O)C1CCCO1. The average molecular weight is 220 g/mol. The van der Waals surface area contributed by atoms with Crippen LogP contribution in [0.25, 0.3) is 0 Å².